The summed E-state index contributed by atoms with van der Waals surface area (Å²) in [4.78, 5) is 17.5. The van der Waals surface area contributed by atoms with Gasteiger partial charge >= 0.3 is 0 Å². The molecule has 0 saturated heterocycles. The van der Waals surface area contributed by atoms with Crippen molar-refractivity contribution < 1.29 is 5.11 Å². The maximum absolute atomic E-state index is 12.9. The molecule has 0 saturated carbocycles. The number of benzene rings is 2. The molecule has 27 heavy (non-hydrogen) atoms. The van der Waals surface area contributed by atoms with Crippen LogP contribution in [0.25, 0.3) is 16.7 Å². The number of nitrogens with two attached hydrogens (primary N) is 1. The fourth-order valence-electron chi connectivity index (χ4n) is 3.24. The molecule has 1 aliphatic rings. The van der Waals surface area contributed by atoms with Gasteiger partial charge in [0.1, 0.15) is 11.1 Å². The number of nitrogens with one attached hydrogen (secondary N) is 1. The zero-order valence-corrected chi connectivity index (χ0v) is 14.0. The Bertz CT molecular complexity index is 1220. The van der Waals surface area contributed by atoms with Gasteiger partial charge in [-0.25, -0.2) is 10.5 Å². The Hall–Kier alpha value is -3.85. The second kappa shape index (κ2) is 5.58. The van der Waals surface area contributed by atoms with Crippen molar-refractivity contribution in [3.05, 3.63) is 76.7 Å². The van der Waals surface area contributed by atoms with Gasteiger partial charge in [-0.15, -0.1) is 0 Å². The standard InChI is InChI=1S/C18H15N7O2/c19-23-16(12-8-4-5-9-14(12)26)22-25-17(27)13-10-20-24(15(13)21-18(23)25)11-6-2-1-3-7-11/h1-10,16,22,26H,19H2. The number of aromatic hydroxyl groups is 1. The highest BCUT2D eigenvalue weighted by atomic mass is 16.3. The second-order valence-corrected chi connectivity index (χ2v) is 6.18. The summed E-state index contributed by atoms with van der Waals surface area (Å²) in [6.45, 7) is 0. The lowest BCUT2D eigenvalue weighted by Crippen LogP contribution is -2.35. The first kappa shape index (κ1) is 15.4. The van der Waals surface area contributed by atoms with Crippen molar-refractivity contribution in [3.8, 4) is 11.4 Å². The number of hydrogen-bond donors (Lipinski definition) is 3. The van der Waals surface area contributed by atoms with Crippen LogP contribution in [-0.2, 0) is 0 Å². The quantitative estimate of drug-likeness (QED) is 0.460. The van der Waals surface area contributed by atoms with E-state index in [4.69, 9.17) is 5.84 Å². The van der Waals surface area contributed by atoms with Gasteiger partial charge in [0.15, 0.2) is 11.8 Å². The zero-order chi connectivity index (χ0) is 18.5. The van der Waals surface area contributed by atoms with Gasteiger partial charge in [-0.1, -0.05) is 36.4 Å². The van der Waals surface area contributed by atoms with Crippen LogP contribution in [0.2, 0.25) is 0 Å². The van der Waals surface area contributed by atoms with Gasteiger partial charge in [-0.3, -0.25) is 15.2 Å². The van der Waals surface area contributed by atoms with E-state index < -0.39 is 6.17 Å². The summed E-state index contributed by atoms with van der Waals surface area (Å²) in [5, 5.41) is 16.1. The third-order valence-electron chi connectivity index (χ3n) is 4.58. The SMILES string of the molecule is NN1c2nc3c(cnn3-c3ccccc3)c(=O)n2NC1c1ccccc1O. The lowest BCUT2D eigenvalue weighted by Gasteiger charge is -2.19. The van der Waals surface area contributed by atoms with Gasteiger partial charge < -0.3 is 5.11 Å². The van der Waals surface area contributed by atoms with Crippen molar-refractivity contribution in [2.24, 2.45) is 5.84 Å². The number of para-hydroxylation sites is 2. The summed E-state index contributed by atoms with van der Waals surface area (Å²) in [5.41, 5.74) is 4.42. The molecule has 0 amide bonds. The Balaban J connectivity index is 1.68. The van der Waals surface area contributed by atoms with Crippen molar-refractivity contribution in [2.75, 3.05) is 10.4 Å². The predicted molar refractivity (Wildman–Crippen MR) is 100.0 cm³/mol. The topological polar surface area (TPSA) is 114 Å². The molecular weight excluding hydrogens is 346 g/mol. The fraction of sp³-hybridized carbons (Fsp3) is 0.0556. The first-order valence-corrected chi connectivity index (χ1v) is 8.30. The first-order chi connectivity index (χ1) is 13.1. The molecule has 134 valence electrons. The van der Waals surface area contributed by atoms with E-state index in [0.717, 1.165) is 5.69 Å². The van der Waals surface area contributed by atoms with Gasteiger partial charge in [0, 0.05) is 5.56 Å². The number of anilines is 1. The number of aromatic nitrogens is 4. The molecule has 2 aromatic heterocycles. The second-order valence-electron chi connectivity index (χ2n) is 6.18. The average Bonchev–Trinajstić information content (AvgIpc) is 3.26. The molecule has 9 nitrogen and oxygen atoms in total. The minimum Gasteiger partial charge on any atom is -0.508 e. The molecular formula is C18H15N7O2. The Morgan fingerprint density at radius 1 is 1.07 bits per heavy atom. The van der Waals surface area contributed by atoms with Crippen LogP contribution in [0.4, 0.5) is 5.95 Å². The predicted octanol–water partition coefficient (Wildman–Crippen LogP) is 1.22. The zero-order valence-electron chi connectivity index (χ0n) is 14.0. The van der Waals surface area contributed by atoms with E-state index in [1.807, 2.05) is 30.3 Å². The highest BCUT2D eigenvalue weighted by Gasteiger charge is 2.33. The number of nitrogens with zero attached hydrogens (tertiary/aromatic N) is 5. The Morgan fingerprint density at radius 3 is 2.59 bits per heavy atom. The summed E-state index contributed by atoms with van der Waals surface area (Å²) in [6.07, 6.45) is 0.858. The molecule has 3 heterocycles. The number of hydrazine groups is 1. The Morgan fingerprint density at radius 2 is 1.81 bits per heavy atom. The fourth-order valence-corrected chi connectivity index (χ4v) is 3.24. The maximum Gasteiger partial charge on any atom is 0.284 e. The molecule has 1 aliphatic heterocycles. The minimum atomic E-state index is -0.629. The summed E-state index contributed by atoms with van der Waals surface area (Å²) in [7, 11) is 0. The van der Waals surface area contributed by atoms with Crippen LogP contribution in [0.15, 0.2) is 65.6 Å². The maximum atomic E-state index is 12.9. The molecule has 0 aliphatic carbocycles. The summed E-state index contributed by atoms with van der Waals surface area (Å²) < 4.78 is 2.87. The van der Waals surface area contributed by atoms with E-state index in [9.17, 15) is 9.90 Å². The van der Waals surface area contributed by atoms with E-state index in [1.165, 1.54) is 15.9 Å². The molecule has 0 bridgehead atoms. The highest BCUT2D eigenvalue weighted by molar-refractivity contribution is 5.77. The lowest BCUT2D eigenvalue weighted by molar-refractivity contribution is 0.462. The van der Waals surface area contributed by atoms with Gasteiger partial charge in [0.05, 0.1) is 11.9 Å². The van der Waals surface area contributed by atoms with Gasteiger partial charge in [0.2, 0.25) is 5.95 Å². The first-order valence-electron chi connectivity index (χ1n) is 8.30. The van der Waals surface area contributed by atoms with Gasteiger partial charge in [-0.05, 0) is 18.2 Å². The largest absolute Gasteiger partial charge is 0.508 e. The Labute approximate surface area is 152 Å². The van der Waals surface area contributed by atoms with Gasteiger partial charge in [0.25, 0.3) is 5.56 Å². The Kier molecular flexibility index (Phi) is 3.18. The van der Waals surface area contributed by atoms with Crippen LogP contribution >= 0.6 is 0 Å². The third kappa shape index (κ3) is 2.19. The molecule has 4 aromatic rings. The normalized spacial score (nSPS) is 15.7. The smallest absolute Gasteiger partial charge is 0.284 e. The molecule has 4 N–H and O–H groups in total. The van der Waals surface area contributed by atoms with Gasteiger partial charge in [-0.2, -0.15) is 14.8 Å². The minimum absolute atomic E-state index is 0.0753. The number of phenols is 1. The molecule has 0 radical (unpaired) electrons. The number of fused-ring (bicyclic) bond motifs is 2. The van der Waals surface area contributed by atoms with E-state index in [1.54, 1.807) is 28.9 Å². The molecule has 1 unspecified atom stereocenters. The molecule has 5 rings (SSSR count). The van der Waals surface area contributed by atoms with Crippen LogP contribution in [0.1, 0.15) is 11.7 Å². The summed E-state index contributed by atoms with van der Waals surface area (Å²) in [6, 6.07) is 16.2. The number of hydrogen-bond acceptors (Lipinski definition) is 7. The van der Waals surface area contributed by atoms with Crippen LogP contribution < -0.4 is 21.8 Å². The van der Waals surface area contributed by atoms with Crippen molar-refractivity contribution in [3.63, 3.8) is 0 Å². The van der Waals surface area contributed by atoms with Crippen LogP contribution in [0, 0.1) is 0 Å². The number of phenolic OH excluding ortho intramolecular Hbond substituents is 1. The molecule has 0 fully saturated rings. The molecule has 1 atom stereocenters. The van der Waals surface area contributed by atoms with E-state index in [0.29, 0.717) is 16.6 Å². The lowest BCUT2D eigenvalue weighted by atomic mass is 10.1. The van der Waals surface area contributed by atoms with E-state index >= 15 is 0 Å². The van der Waals surface area contributed by atoms with Crippen molar-refractivity contribution in [2.45, 2.75) is 6.17 Å². The summed E-state index contributed by atoms with van der Waals surface area (Å²) >= 11 is 0. The van der Waals surface area contributed by atoms with Crippen LogP contribution in [-0.4, -0.2) is 24.5 Å². The van der Waals surface area contributed by atoms with Crippen molar-refractivity contribution >= 4 is 17.0 Å². The van der Waals surface area contributed by atoms with Crippen LogP contribution in [0.5, 0.6) is 5.75 Å². The van der Waals surface area contributed by atoms with Crippen molar-refractivity contribution in [1.29, 1.82) is 0 Å². The summed E-state index contributed by atoms with van der Waals surface area (Å²) in [5.74, 6) is 6.53. The molecule has 2 aromatic carbocycles. The van der Waals surface area contributed by atoms with Crippen LogP contribution in [0.3, 0.4) is 0 Å². The third-order valence-corrected chi connectivity index (χ3v) is 4.58. The van der Waals surface area contributed by atoms with Crippen molar-refractivity contribution in [1.82, 2.24) is 19.4 Å². The van der Waals surface area contributed by atoms with E-state index in [-0.39, 0.29) is 17.3 Å². The highest BCUT2D eigenvalue weighted by Crippen LogP contribution is 2.32. The average molecular weight is 361 g/mol. The molecule has 0 spiro atoms. The van der Waals surface area contributed by atoms with E-state index in [2.05, 4.69) is 15.5 Å². The number of rotatable bonds is 2. The molecule has 9 heteroatoms. The monoisotopic (exact) mass is 361 g/mol.